The summed E-state index contributed by atoms with van der Waals surface area (Å²) in [4.78, 5) is 35.8. The number of anilines is 1. The number of carbonyl (C=O) groups excluding carboxylic acids is 2. The van der Waals surface area contributed by atoms with Crippen molar-refractivity contribution in [1.82, 2.24) is 4.57 Å². The number of hydrogen-bond donors (Lipinski definition) is 0. The van der Waals surface area contributed by atoms with Crippen molar-refractivity contribution < 1.29 is 22.7 Å². The first kappa shape index (κ1) is 19.8. The summed E-state index contributed by atoms with van der Waals surface area (Å²) in [5, 5.41) is 0. The van der Waals surface area contributed by atoms with Crippen molar-refractivity contribution in [3.63, 3.8) is 0 Å². The molecule has 0 aliphatic carbocycles. The van der Waals surface area contributed by atoms with Gasteiger partial charge in [0.25, 0.3) is 5.56 Å². The SMILES string of the molecule is CS(=O)(=O)N1CCCc2cc(C(=O)COC(=O)Cn3ccccc3=O)ccc21. The zero-order valence-electron chi connectivity index (χ0n) is 15.3. The van der Waals surface area contributed by atoms with E-state index in [0.717, 1.165) is 11.8 Å². The second-order valence-electron chi connectivity index (χ2n) is 6.53. The van der Waals surface area contributed by atoms with Crippen LogP contribution in [0.3, 0.4) is 0 Å². The van der Waals surface area contributed by atoms with Crippen molar-refractivity contribution in [2.45, 2.75) is 19.4 Å². The molecular weight excluding hydrogens is 384 g/mol. The Labute approximate surface area is 162 Å². The number of hydrogen-bond acceptors (Lipinski definition) is 6. The van der Waals surface area contributed by atoms with Gasteiger partial charge in [0, 0.05) is 24.4 Å². The van der Waals surface area contributed by atoms with Crippen LogP contribution in [0.15, 0.2) is 47.4 Å². The highest BCUT2D eigenvalue weighted by Crippen LogP contribution is 2.30. The Morgan fingerprint density at radius 2 is 1.96 bits per heavy atom. The predicted molar refractivity (Wildman–Crippen MR) is 103 cm³/mol. The molecule has 1 aliphatic rings. The molecule has 1 aromatic carbocycles. The molecule has 0 amide bonds. The van der Waals surface area contributed by atoms with E-state index in [-0.39, 0.29) is 12.1 Å². The van der Waals surface area contributed by atoms with E-state index >= 15 is 0 Å². The monoisotopic (exact) mass is 404 g/mol. The van der Waals surface area contributed by atoms with Crippen LogP contribution >= 0.6 is 0 Å². The average Bonchev–Trinajstić information content (AvgIpc) is 2.66. The minimum Gasteiger partial charge on any atom is -0.456 e. The first-order chi connectivity index (χ1) is 13.3. The van der Waals surface area contributed by atoms with Gasteiger partial charge in [-0.2, -0.15) is 0 Å². The maximum Gasteiger partial charge on any atom is 0.326 e. The molecule has 28 heavy (non-hydrogen) atoms. The standard InChI is InChI=1S/C19H20N2O6S/c1-28(25,26)21-10-4-5-14-11-15(7-8-16(14)21)17(22)13-27-19(24)12-20-9-3-2-6-18(20)23/h2-3,6-9,11H,4-5,10,12-13H2,1H3. The molecule has 1 aromatic heterocycles. The topological polar surface area (TPSA) is 103 Å². The van der Waals surface area contributed by atoms with Crippen LogP contribution in [-0.4, -0.2) is 44.1 Å². The van der Waals surface area contributed by atoms with E-state index in [1.54, 1.807) is 24.3 Å². The molecular formula is C19H20N2O6S. The van der Waals surface area contributed by atoms with Crippen molar-refractivity contribution in [1.29, 1.82) is 0 Å². The van der Waals surface area contributed by atoms with Crippen molar-refractivity contribution in [2.24, 2.45) is 0 Å². The van der Waals surface area contributed by atoms with Gasteiger partial charge in [0.1, 0.15) is 6.54 Å². The number of aryl methyl sites for hydroxylation is 1. The Hall–Kier alpha value is -2.94. The molecule has 0 radical (unpaired) electrons. The van der Waals surface area contributed by atoms with Gasteiger partial charge >= 0.3 is 5.97 Å². The lowest BCUT2D eigenvalue weighted by Crippen LogP contribution is -2.34. The van der Waals surface area contributed by atoms with E-state index in [2.05, 4.69) is 0 Å². The maximum absolute atomic E-state index is 12.4. The van der Waals surface area contributed by atoms with Crippen LogP contribution in [0.2, 0.25) is 0 Å². The number of fused-ring (bicyclic) bond motifs is 1. The highest BCUT2D eigenvalue weighted by Gasteiger charge is 2.24. The van der Waals surface area contributed by atoms with E-state index in [1.807, 2.05) is 0 Å². The van der Waals surface area contributed by atoms with Gasteiger partial charge in [-0.05, 0) is 42.7 Å². The molecule has 9 heteroatoms. The number of ketones is 1. The fourth-order valence-corrected chi connectivity index (χ4v) is 4.08. The van der Waals surface area contributed by atoms with Gasteiger partial charge in [-0.15, -0.1) is 0 Å². The molecule has 2 heterocycles. The molecule has 148 valence electrons. The lowest BCUT2D eigenvalue weighted by molar-refractivity contribution is -0.143. The predicted octanol–water partition coefficient (Wildman–Crippen LogP) is 0.987. The Bertz CT molecular complexity index is 1070. The molecule has 3 rings (SSSR count). The number of rotatable bonds is 6. The second kappa shape index (κ2) is 7.97. The zero-order valence-corrected chi connectivity index (χ0v) is 16.1. The summed E-state index contributed by atoms with van der Waals surface area (Å²) in [6.07, 6.45) is 3.94. The number of nitrogens with zero attached hydrogens (tertiary/aromatic N) is 2. The van der Waals surface area contributed by atoms with Gasteiger partial charge in [-0.1, -0.05) is 6.07 Å². The Morgan fingerprint density at radius 1 is 1.18 bits per heavy atom. The van der Waals surface area contributed by atoms with Crippen LogP contribution in [0.25, 0.3) is 0 Å². The zero-order chi connectivity index (χ0) is 20.3. The molecule has 0 N–H and O–H groups in total. The molecule has 8 nitrogen and oxygen atoms in total. The summed E-state index contributed by atoms with van der Waals surface area (Å²) >= 11 is 0. The molecule has 0 unspecified atom stereocenters. The third-order valence-electron chi connectivity index (χ3n) is 4.44. The quantitative estimate of drug-likeness (QED) is 0.525. The number of ether oxygens (including phenoxy) is 1. The Kier molecular flexibility index (Phi) is 5.64. The van der Waals surface area contributed by atoms with E-state index in [0.29, 0.717) is 30.6 Å². The Balaban J connectivity index is 1.66. The second-order valence-corrected chi connectivity index (χ2v) is 8.44. The van der Waals surface area contributed by atoms with E-state index in [9.17, 15) is 22.8 Å². The van der Waals surface area contributed by atoms with Gasteiger partial charge in [0.05, 0.1) is 11.9 Å². The minimum absolute atomic E-state index is 0.277. The minimum atomic E-state index is -3.38. The summed E-state index contributed by atoms with van der Waals surface area (Å²) in [6.45, 7) is -0.314. The number of esters is 1. The summed E-state index contributed by atoms with van der Waals surface area (Å²) in [6, 6.07) is 9.28. The normalized spacial score (nSPS) is 13.7. The van der Waals surface area contributed by atoms with Crippen molar-refractivity contribution >= 4 is 27.5 Å². The summed E-state index contributed by atoms with van der Waals surface area (Å²) < 4.78 is 31.3. The van der Waals surface area contributed by atoms with Crippen LogP contribution in [-0.2, 0) is 32.5 Å². The smallest absolute Gasteiger partial charge is 0.326 e. The fourth-order valence-electron chi connectivity index (χ4n) is 3.09. The van der Waals surface area contributed by atoms with Crippen molar-refractivity contribution in [3.05, 3.63) is 64.1 Å². The lowest BCUT2D eigenvalue weighted by Gasteiger charge is -2.29. The summed E-state index contributed by atoms with van der Waals surface area (Å²) in [5.41, 5.74) is 1.35. The molecule has 0 fully saturated rings. The molecule has 0 saturated carbocycles. The average molecular weight is 404 g/mol. The van der Waals surface area contributed by atoms with Gasteiger partial charge in [-0.25, -0.2) is 8.42 Å². The molecule has 0 spiro atoms. The molecule has 1 aliphatic heterocycles. The van der Waals surface area contributed by atoms with Crippen LogP contribution in [0, 0.1) is 0 Å². The maximum atomic E-state index is 12.4. The lowest BCUT2D eigenvalue weighted by atomic mass is 9.99. The van der Waals surface area contributed by atoms with Crippen LogP contribution in [0.4, 0.5) is 5.69 Å². The van der Waals surface area contributed by atoms with Gasteiger partial charge < -0.3 is 9.30 Å². The van der Waals surface area contributed by atoms with Crippen molar-refractivity contribution in [2.75, 3.05) is 23.7 Å². The van der Waals surface area contributed by atoms with E-state index in [1.165, 1.54) is 27.2 Å². The van der Waals surface area contributed by atoms with Crippen LogP contribution in [0.5, 0.6) is 0 Å². The molecule has 0 atom stereocenters. The van der Waals surface area contributed by atoms with Crippen molar-refractivity contribution in [3.8, 4) is 0 Å². The van der Waals surface area contributed by atoms with E-state index < -0.39 is 28.4 Å². The first-order valence-corrected chi connectivity index (χ1v) is 10.6. The van der Waals surface area contributed by atoms with Gasteiger partial charge in [0.2, 0.25) is 10.0 Å². The molecule has 0 bridgehead atoms. The molecule has 2 aromatic rings. The first-order valence-electron chi connectivity index (χ1n) is 8.70. The number of carbonyl (C=O) groups is 2. The number of Topliss-reactive ketones (excluding diaryl/α,β-unsaturated/α-hetero) is 1. The Morgan fingerprint density at radius 3 is 2.68 bits per heavy atom. The largest absolute Gasteiger partial charge is 0.456 e. The number of pyridine rings is 1. The van der Waals surface area contributed by atoms with E-state index in [4.69, 9.17) is 4.74 Å². The summed E-state index contributed by atoms with van der Waals surface area (Å²) in [5.74, 6) is -1.09. The number of aromatic nitrogens is 1. The molecule has 0 saturated heterocycles. The third-order valence-corrected chi connectivity index (χ3v) is 5.62. The highest BCUT2D eigenvalue weighted by atomic mass is 32.2. The number of benzene rings is 1. The fraction of sp³-hybridized carbons (Fsp3) is 0.316. The van der Waals surface area contributed by atoms with Crippen LogP contribution < -0.4 is 9.86 Å². The van der Waals surface area contributed by atoms with Crippen LogP contribution in [0.1, 0.15) is 22.3 Å². The van der Waals surface area contributed by atoms with Gasteiger partial charge in [-0.3, -0.25) is 18.7 Å². The third kappa shape index (κ3) is 4.48. The summed E-state index contributed by atoms with van der Waals surface area (Å²) in [7, 11) is -3.38. The number of sulfonamides is 1. The highest BCUT2D eigenvalue weighted by molar-refractivity contribution is 7.92. The van der Waals surface area contributed by atoms with Gasteiger partial charge in [0.15, 0.2) is 12.4 Å².